The van der Waals surface area contributed by atoms with E-state index in [1.54, 1.807) is 10.6 Å². The molecule has 2 aromatic carbocycles. The Balaban J connectivity index is 1.33. The van der Waals surface area contributed by atoms with Crippen LogP contribution in [0.15, 0.2) is 60.7 Å². The van der Waals surface area contributed by atoms with Gasteiger partial charge < -0.3 is 0 Å². The van der Waals surface area contributed by atoms with E-state index in [2.05, 4.69) is 60.7 Å². The standard InChI is InChI=1S/C17H12Cl2P.C5H5.Fe/c18-15-11-12-16(17(15)19)20(13-7-3-1-4-8-13)14-9-5-2-6-10-14;1-2-4-5-3-1;/h1-12H;1-5H;. The van der Waals surface area contributed by atoms with Crippen molar-refractivity contribution in [2.24, 2.45) is 0 Å². The Labute approximate surface area is 153 Å². The molecule has 0 aliphatic carbocycles. The molecule has 5 atom stereocenters. The third kappa shape index (κ3) is 0.172. The first-order chi connectivity index (χ1) is 12.4. The Bertz CT molecular complexity index is 1520. The summed E-state index contributed by atoms with van der Waals surface area (Å²) in [5.41, 5.74) is 0. The summed E-state index contributed by atoms with van der Waals surface area (Å²) in [6.45, 7) is -3.85. The Morgan fingerprint density at radius 3 is 1.42 bits per heavy atom. The fourth-order valence-electron chi connectivity index (χ4n) is 18.4. The quantitative estimate of drug-likeness (QED) is 0.327. The van der Waals surface area contributed by atoms with Crippen molar-refractivity contribution in [2.45, 2.75) is 45.3 Å². The van der Waals surface area contributed by atoms with Gasteiger partial charge in [0.25, 0.3) is 0 Å². The SMILES string of the molecule is Cl[C]12[CH]3[CH]4[C]5(P(c6ccccc6)c6ccccc6)[C]1(Cl)[Fe]34251678[CH]2[CH]1[CH]6[CH]7[CH]28. The van der Waals surface area contributed by atoms with Gasteiger partial charge in [-0.1, -0.05) is 0 Å². The van der Waals surface area contributed by atoms with Crippen LogP contribution in [0, 0.1) is 0 Å². The van der Waals surface area contributed by atoms with Gasteiger partial charge in [0, 0.05) is 0 Å². The summed E-state index contributed by atoms with van der Waals surface area (Å²) >= 11 is 15.7. The molecule has 10 saturated heterocycles. The summed E-state index contributed by atoms with van der Waals surface area (Å²) in [6.07, 6.45) is 0. The Kier molecular flexibility index (Phi) is 0.616. The number of fused-ring (bicyclic) bond motifs is 10. The van der Waals surface area contributed by atoms with Crippen LogP contribution in [0.2, 0.25) is 33.7 Å². The number of halogens is 2. The number of alkyl halides is 2. The number of hydrogen-bond donors (Lipinski definition) is 0. The Morgan fingerprint density at radius 1 is 0.692 bits per heavy atom. The van der Waals surface area contributed by atoms with Gasteiger partial charge in [0.15, 0.2) is 0 Å². The van der Waals surface area contributed by atoms with Crippen molar-refractivity contribution in [3.8, 4) is 0 Å². The van der Waals surface area contributed by atoms with Gasteiger partial charge in [-0.3, -0.25) is 0 Å². The molecule has 0 radical (unpaired) electrons. The van der Waals surface area contributed by atoms with Crippen LogP contribution < -0.4 is 10.6 Å². The molecule has 4 heteroatoms. The van der Waals surface area contributed by atoms with E-state index in [1.165, 1.54) is 0 Å². The average molecular weight is 439 g/mol. The van der Waals surface area contributed by atoms with Gasteiger partial charge in [0.2, 0.25) is 0 Å². The molecule has 2 aromatic rings. The van der Waals surface area contributed by atoms with Crippen molar-refractivity contribution in [1.29, 1.82) is 0 Å². The minimum absolute atomic E-state index is 0.123. The first-order valence-electron chi connectivity index (χ1n) is 9.91. The molecule has 10 heterocycles. The molecule has 1 spiro atoms. The van der Waals surface area contributed by atoms with E-state index in [0.717, 1.165) is 33.7 Å². The van der Waals surface area contributed by atoms with Gasteiger partial charge in [0.05, 0.1) is 0 Å². The fraction of sp³-hybridized carbons (Fsp3) is 0.455. The third-order valence-electron chi connectivity index (χ3n) is 17.0. The molecule has 0 aromatic heterocycles. The van der Waals surface area contributed by atoms with Crippen molar-refractivity contribution < 1.29 is 6.51 Å². The van der Waals surface area contributed by atoms with Gasteiger partial charge in [-0.05, 0) is 0 Å². The predicted molar refractivity (Wildman–Crippen MR) is 105 cm³/mol. The summed E-state index contributed by atoms with van der Waals surface area (Å²) in [7, 11) is -0.365. The summed E-state index contributed by atoms with van der Waals surface area (Å²) in [5.74, 6) is 0. The maximum atomic E-state index is 7.96. The van der Waals surface area contributed by atoms with E-state index in [9.17, 15) is 0 Å². The molecule has 0 bridgehead atoms. The minimum atomic E-state index is -3.85. The van der Waals surface area contributed by atoms with E-state index in [0.29, 0.717) is 4.05 Å². The molecule has 0 saturated carbocycles. The summed E-state index contributed by atoms with van der Waals surface area (Å²) in [6, 6.07) is 23.0. The van der Waals surface area contributed by atoms with Crippen LogP contribution in [0.3, 0.4) is 0 Å². The number of rotatable bonds is 3. The van der Waals surface area contributed by atoms with Crippen molar-refractivity contribution in [3.05, 3.63) is 60.7 Å². The zero-order chi connectivity index (χ0) is 16.7. The second-order valence-corrected chi connectivity index (χ2v) is 40.1. The first-order valence-corrected chi connectivity index (χ1v) is 18.1. The van der Waals surface area contributed by atoms with Crippen LogP contribution in [0.1, 0.15) is 0 Å². The molecule has 12 rings (SSSR count). The fourth-order valence-corrected chi connectivity index (χ4v) is 118. The van der Waals surface area contributed by atoms with Crippen LogP contribution in [0.5, 0.6) is 0 Å². The van der Waals surface area contributed by atoms with E-state index < -0.39 is 6.51 Å². The maximum absolute atomic E-state index is 7.96. The second-order valence-electron chi connectivity index (χ2n) is 12.6. The zero-order valence-corrected chi connectivity index (χ0v) is 17.4. The Morgan fingerprint density at radius 2 is 1.15 bits per heavy atom. The van der Waals surface area contributed by atoms with E-state index in [1.807, 2.05) is 0 Å². The molecular formula is C22H17Cl2FeP. The van der Waals surface area contributed by atoms with E-state index >= 15 is 0 Å². The molecule has 0 N–H and O–H groups in total. The van der Waals surface area contributed by atoms with Gasteiger partial charge in [-0.25, -0.2) is 0 Å². The van der Waals surface area contributed by atoms with Gasteiger partial charge in [0.1, 0.15) is 0 Å². The van der Waals surface area contributed by atoms with Crippen LogP contribution in [0.25, 0.3) is 0 Å². The molecule has 0 nitrogen and oxygen atoms in total. The van der Waals surface area contributed by atoms with Crippen LogP contribution in [0.4, 0.5) is 0 Å². The molecule has 5 unspecified atom stereocenters. The summed E-state index contributed by atoms with van der Waals surface area (Å²) in [5, 5.41) is 3.17. The average Bonchev–Trinajstić information content (AvgIpc) is 3.64. The Hall–Kier alpha value is -0.0305. The summed E-state index contributed by atoms with van der Waals surface area (Å²) < 4.78 is 0.827. The molecular weight excluding hydrogens is 422 g/mol. The van der Waals surface area contributed by atoms with Crippen LogP contribution >= 0.6 is 31.1 Å². The molecule has 10 aliphatic rings. The van der Waals surface area contributed by atoms with Crippen molar-refractivity contribution in [1.82, 2.24) is 0 Å². The topological polar surface area (TPSA) is 0 Å². The molecule has 0 amide bonds. The normalized spacial score (nSPS) is 87.7. The zero-order valence-electron chi connectivity index (χ0n) is 13.9. The molecule has 10 fully saturated rings. The van der Waals surface area contributed by atoms with Gasteiger partial charge in [-0.2, -0.15) is 0 Å². The molecule has 26 heavy (non-hydrogen) atoms. The van der Waals surface area contributed by atoms with E-state index in [-0.39, 0.29) is 15.5 Å². The van der Waals surface area contributed by atoms with Crippen molar-refractivity contribution in [2.75, 3.05) is 0 Å². The second kappa shape index (κ2) is 1.35. The van der Waals surface area contributed by atoms with Crippen molar-refractivity contribution in [3.63, 3.8) is 0 Å². The van der Waals surface area contributed by atoms with Gasteiger partial charge in [-0.15, -0.1) is 0 Å². The third-order valence-corrected chi connectivity index (χ3v) is 73.3. The monoisotopic (exact) mass is 438 g/mol. The van der Waals surface area contributed by atoms with Crippen molar-refractivity contribution >= 4 is 41.7 Å². The molecule has 10 aliphatic heterocycles. The predicted octanol–water partition coefficient (Wildman–Crippen LogP) is 5.71. The van der Waals surface area contributed by atoms with E-state index in [4.69, 9.17) is 23.2 Å². The number of benzene rings is 2. The van der Waals surface area contributed by atoms with Crippen LogP contribution in [-0.2, 0) is 6.51 Å². The molecule has 132 valence electrons. The van der Waals surface area contributed by atoms with Gasteiger partial charge >= 0.3 is 154 Å². The summed E-state index contributed by atoms with van der Waals surface area (Å²) in [4.78, 5) is 7.61. The first kappa shape index (κ1) is 11.8. The number of hydrogen-bond acceptors (Lipinski definition) is 0. The van der Waals surface area contributed by atoms with Crippen LogP contribution in [-0.4, -0.2) is 11.6 Å².